The highest BCUT2D eigenvalue weighted by Gasteiger charge is 2.24. The van der Waals surface area contributed by atoms with Gasteiger partial charge in [0, 0.05) is 21.9 Å². The Kier molecular flexibility index (Phi) is 5.46. The number of fused-ring (bicyclic) bond motifs is 1. The summed E-state index contributed by atoms with van der Waals surface area (Å²) in [5.74, 6) is -0.162. The van der Waals surface area contributed by atoms with Crippen molar-refractivity contribution in [1.82, 2.24) is 10.2 Å². The van der Waals surface area contributed by atoms with Crippen LogP contribution in [0.2, 0.25) is 0 Å². The normalized spacial score (nSPS) is 17.8. The molecule has 2 aromatic rings. The summed E-state index contributed by atoms with van der Waals surface area (Å²) in [6.45, 7) is 2.40. The number of amides is 2. The maximum absolute atomic E-state index is 12.5. The minimum absolute atomic E-state index is 0.0274. The fourth-order valence-electron chi connectivity index (χ4n) is 2.66. The Morgan fingerprint density at radius 2 is 2.16 bits per heavy atom. The molecule has 132 valence electrons. The Labute approximate surface area is 155 Å². The lowest BCUT2D eigenvalue weighted by Gasteiger charge is -2.24. The number of hydrogen-bond donors (Lipinski definition) is 2. The molecule has 2 heterocycles. The molecule has 1 aromatic heterocycles. The number of carbonyl (C=O) groups excluding carboxylic acids is 2. The van der Waals surface area contributed by atoms with Crippen LogP contribution in [0.3, 0.4) is 0 Å². The van der Waals surface area contributed by atoms with E-state index in [0.717, 1.165) is 4.90 Å². The van der Waals surface area contributed by atoms with Crippen LogP contribution in [-0.4, -0.2) is 42.6 Å². The van der Waals surface area contributed by atoms with Gasteiger partial charge in [-0.15, -0.1) is 23.1 Å². The number of likely N-dealkylation sites (N-methyl/N-ethyl adjacent to an activating group) is 1. The standard InChI is InChI=1S/C18H21N3O2S2/c1-11-17(22)20-13-9-12(6-7-15(13)25-11)18(23)19-10-14(21(2)3)16-5-4-8-24-16/h4-9,11,14H,10H2,1-3H3,(H,19,23)(H,20,22). The third-order valence-corrected chi connectivity index (χ3v) is 6.27. The summed E-state index contributed by atoms with van der Waals surface area (Å²) in [5, 5.41) is 7.79. The molecule has 0 saturated heterocycles. The van der Waals surface area contributed by atoms with Crippen LogP contribution < -0.4 is 10.6 Å². The third-order valence-electron chi connectivity index (χ3n) is 4.12. The zero-order valence-electron chi connectivity index (χ0n) is 14.4. The first-order chi connectivity index (χ1) is 12.0. The molecule has 1 aliphatic rings. The molecule has 1 aliphatic heterocycles. The molecule has 0 spiro atoms. The van der Waals surface area contributed by atoms with E-state index in [-0.39, 0.29) is 23.1 Å². The highest BCUT2D eigenvalue weighted by Crippen LogP contribution is 2.35. The second-order valence-corrected chi connectivity index (χ2v) is 8.53. The van der Waals surface area contributed by atoms with E-state index in [4.69, 9.17) is 0 Å². The van der Waals surface area contributed by atoms with E-state index in [1.165, 1.54) is 16.6 Å². The Bertz CT molecular complexity index is 775. The highest BCUT2D eigenvalue weighted by atomic mass is 32.2. The Morgan fingerprint density at radius 3 is 2.84 bits per heavy atom. The molecule has 0 fully saturated rings. The van der Waals surface area contributed by atoms with Gasteiger partial charge in [0.1, 0.15) is 0 Å². The van der Waals surface area contributed by atoms with E-state index < -0.39 is 0 Å². The Hall–Kier alpha value is -1.83. The molecule has 0 saturated carbocycles. The Morgan fingerprint density at radius 1 is 1.36 bits per heavy atom. The van der Waals surface area contributed by atoms with Crippen molar-refractivity contribution in [2.75, 3.05) is 26.0 Å². The van der Waals surface area contributed by atoms with E-state index in [2.05, 4.69) is 21.6 Å². The number of nitrogens with one attached hydrogen (secondary N) is 2. The number of thiophene rings is 1. The highest BCUT2D eigenvalue weighted by molar-refractivity contribution is 8.00. The van der Waals surface area contributed by atoms with Crippen LogP contribution in [0.1, 0.15) is 28.2 Å². The van der Waals surface area contributed by atoms with Gasteiger partial charge in [0.05, 0.1) is 17.0 Å². The van der Waals surface area contributed by atoms with E-state index in [0.29, 0.717) is 17.8 Å². The van der Waals surface area contributed by atoms with Crippen molar-refractivity contribution >= 4 is 40.6 Å². The first kappa shape index (κ1) is 18.0. The summed E-state index contributed by atoms with van der Waals surface area (Å²) in [7, 11) is 4.01. The van der Waals surface area contributed by atoms with Gasteiger partial charge in [-0.2, -0.15) is 0 Å². The van der Waals surface area contributed by atoms with Crippen molar-refractivity contribution < 1.29 is 9.59 Å². The molecule has 2 unspecified atom stereocenters. The van der Waals surface area contributed by atoms with Gasteiger partial charge in [-0.25, -0.2) is 0 Å². The zero-order valence-corrected chi connectivity index (χ0v) is 16.0. The lowest BCUT2D eigenvalue weighted by Crippen LogP contribution is -2.34. The molecule has 2 atom stereocenters. The minimum Gasteiger partial charge on any atom is -0.350 e. The first-order valence-corrected chi connectivity index (χ1v) is 9.81. The van der Waals surface area contributed by atoms with E-state index in [9.17, 15) is 9.59 Å². The molecule has 3 rings (SSSR count). The Balaban J connectivity index is 1.69. The summed E-state index contributed by atoms with van der Waals surface area (Å²) in [6, 6.07) is 9.68. The van der Waals surface area contributed by atoms with E-state index in [1.54, 1.807) is 23.5 Å². The van der Waals surface area contributed by atoms with Gasteiger partial charge in [-0.3, -0.25) is 9.59 Å². The number of thioether (sulfide) groups is 1. The maximum atomic E-state index is 12.5. The lowest BCUT2D eigenvalue weighted by molar-refractivity contribution is -0.115. The first-order valence-electron chi connectivity index (χ1n) is 8.05. The van der Waals surface area contributed by atoms with Crippen molar-refractivity contribution in [1.29, 1.82) is 0 Å². The fraction of sp³-hybridized carbons (Fsp3) is 0.333. The van der Waals surface area contributed by atoms with E-state index in [1.807, 2.05) is 38.5 Å². The molecule has 0 bridgehead atoms. The zero-order chi connectivity index (χ0) is 18.0. The van der Waals surface area contributed by atoms with Gasteiger partial charge in [-0.05, 0) is 50.7 Å². The van der Waals surface area contributed by atoms with Gasteiger partial charge in [-0.1, -0.05) is 6.07 Å². The second-order valence-electron chi connectivity index (χ2n) is 6.17. The van der Waals surface area contributed by atoms with Crippen molar-refractivity contribution in [2.45, 2.75) is 23.1 Å². The predicted molar refractivity (Wildman–Crippen MR) is 103 cm³/mol. The van der Waals surface area contributed by atoms with Crippen LogP contribution in [0.15, 0.2) is 40.6 Å². The molecule has 5 nitrogen and oxygen atoms in total. The number of nitrogens with zero attached hydrogens (tertiary/aromatic N) is 1. The lowest BCUT2D eigenvalue weighted by atomic mass is 10.1. The van der Waals surface area contributed by atoms with Gasteiger partial charge in [0.25, 0.3) is 5.91 Å². The average Bonchev–Trinajstić information content (AvgIpc) is 3.09. The molecular weight excluding hydrogens is 354 g/mol. The summed E-state index contributed by atoms with van der Waals surface area (Å²) in [5.41, 5.74) is 1.26. The quantitative estimate of drug-likeness (QED) is 0.842. The predicted octanol–water partition coefficient (Wildman–Crippen LogP) is 3.21. The molecule has 0 aliphatic carbocycles. The number of rotatable bonds is 5. The smallest absolute Gasteiger partial charge is 0.251 e. The average molecular weight is 376 g/mol. The van der Waals surface area contributed by atoms with Crippen molar-refractivity contribution in [3.63, 3.8) is 0 Å². The number of benzene rings is 1. The van der Waals surface area contributed by atoms with Crippen LogP contribution in [0.4, 0.5) is 5.69 Å². The summed E-state index contributed by atoms with van der Waals surface area (Å²) in [6.07, 6.45) is 0. The van der Waals surface area contributed by atoms with Gasteiger partial charge in [0.15, 0.2) is 0 Å². The molecule has 2 amide bonds. The van der Waals surface area contributed by atoms with Crippen LogP contribution in [0.25, 0.3) is 0 Å². The van der Waals surface area contributed by atoms with Crippen molar-refractivity contribution in [3.05, 3.63) is 46.2 Å². The second kappa shape index (κ2) is 7.59. The number of carbonyl (C=O) groups is 2. The molecule has 25 heavy (non-hydrogen) atoms. The van der Waals surface area contributed by atoms with Crippen LogP contribution in [0, 0.1) is 0 Å². The summed E-state index contributed by atoms with van der Waals surface area (Å²) >= 11 is 3.19. The van der Waals surface area contributed by atoms with Crippen molar-refractivity contribution in [2.24, 2.45) is 0 Å². The fourth-order valence-corrected chi connectivity index (χ4v) is 4.51. The molecule has 2 N–H and O–H groups in total. The molecular formula is C18H21N3O2S2. The number of hydrogen-bond acceptors (Lipinski definition) is 5. The number of anilines is 1. The van der Waals surface area contributed by atoms with Gasteiger partial charge in [0.2, 0.25) is 5.91 Å². The summed E-state index contributed by atoms with van der Waals surface area (Å²) in [4.78, 5) is 28.7. The summed E-state index contributed by atoms with van der Waals surface area (Å²) < 4.78 is 0. The van der Waals surface area contributed by atoms with E-state index >= 15 is 0 Å². The van der Waals surface area contributed by atoms with Gasteiger partial charge < -0.3 is 15.5 Å². The topological polar surface area (TPSA) is 61.4 Å². The van der Waals surface area contributed by atoms with Crippen molar-refractivity contribution in [3.8, 4) is 0 Å². The minimum atomic E-state index is -0.135. The maximum Gasteiger partial charge on any atom is 0.251 e. The molecule has 0 radical (unpaired) electrons. The molecule has 1 aromatic carbocycles. The van der Waals surface area contributed by atoms with Crippen LogP contribution in [-0.2, 0) is 4.79 Å². The van der Waals surface area contributed by atoms with Gasteiger partial charge >= 0.3 is 0 Å². The third kappa shape index (κ3) is 4.05. The SMILES string of the molecule is CC1Sc2ccc(C(=O)NCC(c3cccs3)N(C)C)cc2NC1=O. The largest absolute Gasteiger partial charge is 0.350 e. The monoisotopic (exact) mass is 375 g/mol. The van der Waals surface area contributed by atoms with Crippen LogP contribution >= 0.6 is 23.1 Å². The molecule has 7 heteroatoms. The van der Waals surface area contributed by atoms with Crippen LogP contribution in [0.5, 0.6) is 0 Å².